The van der Waals surface area contributed by atoms with Crippen molar-refractivity contribution < 1.29 is 18.4 Å². The van der Waals surface area contributed by atoms with E-state index in [4.69, 9.17) is 4.42 Å². The van der Waals surface area contributed by atoms with E-state index in [0.29, 0.717) is 24.5 Å². The second kappa shape index (κ2) is 7.89. The summed E-state index contributed by atoms with van der Waals surface area (Å²) in [6.45, 7) is 1.17. The number of halogens is 1. The smallest absolute Gasteiger partial charge is 0.289 e. The van der Waals surface area contributed by atoms with Crippen molar-refractivity contribution in [2.75, 3.05) is 18.4 Å². The largest absolute Gasteiger partial charge is 0.459 e. The van der Waals surface area contributed by atoms with E-state index in [1.807, 2.05) is 0 Å². The number of nitrogens with zero attached hydrogens (tertiary/aromatic N) is 3. The van der Waals surface area contributed by atoms with Crippen molar-refractivity contribution in [3.63, 3.8) is 0 Å². The van der Waals surface area contributed by atoms with Crippen molar-refractivity contribution in [3.05, 3.63) is 64.3 Å². The lowest BCUT2D eigenvalue weighted by Crippen LogP contribution is -2.38. The molecule has 1 fully saturated rings. The molecule has 4 rings (SSSR count). The number of likely N-dealkylation sites (tertiary alicyclic amines) is 1. The van der Waals surface area contributed by atoms with Gasteiger partial charge in [0, 0.05) is 24.7 Å². The normalized spacial score (nSPS) is 16.8. The van der Waals surface area contributed by atoms with Gasteiger partial charge in [0.25, 0.3) is 11.8 Å². The fourth-order valence-electron chi connectivity index (χ4n) is 3.13. The van der Waals surface area contributed by atoms with Crippen molar-refractivity contribution in [2.24, 2.45) is 0 Å². The molecular formula is C19H17FN4O3S. The van der Waals surface area contributed by atoms with E-state index >= 15 is 0 Å². The van der Waals surface area contributed by atoms with Crippen LogP contribution in [0, 0.1) is 5.82 Å². The van der Waals surface area contributed by atoms with Crippen molar-refractivity contribution >= 4 is 28.8 Å². The molecule has 1 N–H and O–H groups in total. The first kappa shape index (κ1) is 18.3. The highest BCUT2D eigenvalue weighted by molar-refractivity contribution is 7.13. The van der Waals surface area contributed by atoms with Gasteiger partial charge in [0.1, 0.15) is 10.8 Å². The molecular weight excluding hydrogens is 383 g/mol. The lowest BCUT2D eigenvalue weighted by molar-refractivity contribution is 0.0674. The van der Waals surface area contributed by atoms with Crippen LogP contribution in [-0.4, -0.2) is 40.0 Å². The van der Waals surface area contributed by atoms with Gasteiger partial charge in [-0.1, -0.05) is 11.3 Å². The predicted octanol–water partition coefficient (Wildman–Crippen LogP) is 3.54. The van der Waals surface area contributed by atoms with Crippen LogP contribution in [0.5, 0.6) is 0 Å². The Bertz CT molecular complexity index is 971. The zero-order valence-electron chi connectivity index (χ0n) is 14.8. The molecule has 9 heteroatoms. The highest BCUT2D eigenvalue weighted by Crippen LogP contribution is 2.30. The first-order chi connectivity index (χ1) is 13.6. The van der Waals surface area contributed by atoms with Crippen molar-refractivity contribution in [1.82, 2.24) is 15.1 Å². The summed E-state index contributed by atoms with van der Waals surface area (Å²) in [5.41, 5.74) is 0.482. The third-order valence-electron chi connectivity index (χ3n) is 4.53. The molecule has 0 bridgehead atoms. The standard InChI is InChI=1S/C19H17FN4O3S/c20-13-5-7-14(8-6-13)21-16(25)18-23-22-17(28-18)12-3-1-9-24(11-12)19(26)15-4-2-10-27-15/h2,4-8,10,12H,1,3,9,11H2,(H,21,25)/t12-/m0/s1. The predicted molar refractivity (Wildman–Crippen MR) is 101 cm³/mol. The van der Waals surface area contributed by atoms with Gasteiger partial charge in [0.05, 0.1) is 6.26 Å². The van der Waals surface area contributed by atoms with Crippen LogP contribution in [0.15, 0.2) is 47.1 Å². The number of carbonyl (C=O) groups excluding carboxylic acids is 2. The summed E-state index contributed by atoms with van der Waals surface area (Å²) in [6.07, 6.45) is 3.19. The number of rotatable bonds is 4. The number of nitrogens with one attached hydrogen (secondary N) is 1. The van der Waals surface area contributed by atoms with E-state index in [-0.39, 0.29) is 22.6 Å². The van der Waals surface area contributed by atoms with Gasteiger partial charge in [0.15, 0.2) is 5.76 Å². The van der Waals surface area contributed by atoms with Gasteiger partial charge in [-0.05, 0) is 49.2 Å². The maximum atomic E-state index is 13.0. The quantitative estimate of drug-likeness (QED) is 0.724. The summed E-state index contributed by atoms with van der Waals surface area (Å²) in [7, 11) is 0. The minimum absolute atomic E-state index is 0.0255. The molecule has 1 atom stereocenters. The van der Waals surface area contributed by atoms with Gasteiger partial charge in [-0.25, -0.2) is 4.39 Å². The molecule has 28 heavy (non-hydrogen) atoms. The molecule has 0 unspecified atom stereocenters. The topological polar surface area (TPSA) is 88.3 Å². The van der Waals surface area contributed by atoms with E-state index in [0.717, 1.165) is 17.8 Å². The number of carbonyl (C=O) groups is 2. The highest BCUT2D eigenvalue weighted by atomic mass is 32.1. The molecule has 0 spiro atoms. The number of furan rings is 1. The Morgan fingerprint density at radius 2 is 2.04 bits per heavy atom. The number of piperidine rings is 1. The first-order valence-electron chi connectivity index (χ1n) is 8.83. The molecule has 1 saturated heterocycles. The van der Waals surface area contributed by atoms with Crippen LogP contribution in [0.3, 0.4) is 0 Å². The lowest BCUT2D eigenvalue weighted by atomic mass is 9.98. The van der Waals surface area contributed by atoms with E-state index in [9.17, 15) is 14.0 Å². The van der Waals surface area contributed by atoms with Crippen LogP contribution in [0.2, 0.25) is 0 Å². The van der Waals surface area contributed by atoms with Crippen LogP contribution in [0.4, 0.5) is 10.1 Å². The molecule has 7 nitrogen and oxygen atoms in total. The van der Waals surface area contributed by atoms with Crippen molar-refractivity contribution in [1.29, 1.82) is 0 Å². The molecule has 0 saturated carbocycles. The fraction of sp³-hybridized carbons (Fsp3) is 0.263. The van der Waals surface area contributed by atoms with Crippen LogP contribution in [-0.2, 0) is 0 Å². The van der Waals surface area contributed by atoms with Crippen molar-refractivity contribution in [2.45, 2.75) is 18.8 Å². The van der Waals surface area contributed by atoms with Crippen LogP contribution >= 0.6 is 11.3 Å². The summed E-state index contributed by atoms with van der Waals surface area (Å²) in [5, 5.41) is 11.8. The molecule has 1 aliphatic heterocycles. The fourth-order valence-corrected chi connectivity index (χ4v) is 3.99. The molecule has 0 aliphatic carbocycles. The van der Waals surface area contributed by atoms with Crippen LogP contribution in [0.25, 0.3) is 0 Å². The summed E-state index contributed by atoms with van der Waals surface area (Å²) in [6, 6.07) is 8.84. The zero-order valence-corrected chi connectivity index (χ0v) is 15.6. The molecule has 1 aromatic carbocycles. The van der Waals surface area contributed by atoms with Gasteiger partial charge in [-0.3, -0.25) is 9.59 Å². The van der Waals surface area contributed by atoms with Gasteiger partial charge >= 0.3 is 0 Å². The third kappa shape index (κ3) is 3.94. The number of amides is 2. The van der Waals surface area contributed by atoms with Crippen molar-refractivity contribution in [3.8, 4) is 0 Å². The number of hydrogen-bond acceptors (Lipinski definition) is 6. The van der Waals surface area contributed by atoms with Crippen LogP contribution < -0.4 is 5.32 Å². The SMILES string of the molecule is O=C(Nc1ccc(F)cc1)c1nnc([C@H]2CCCN(C(=O)c3ccco3)C2)s1. The Morgan fingerprint density at radius 3 is 2.79 bits per heavy atom. The molecule has 2 amide bonds. The highest BCUT2D eigenvalue weighted by Gasteiger charge is 2.29. The third-order valence-corrected chi connectivity index (χ3v) is 5.61. The Hall–Kier alpha value is -3.07. The first-order valence-corrected chi connectivity index (χ1v) is 9.65. The molecule has 1 aliphatic rings. The number of anilines is 1. The Balaban J connectivity index is 1.42. The second-order valence-corrected chi connectivity index (χ2v) is 7.48. The van der Waals surface area contributed by atoms with E-state index in [2.05, 4.69) is 15.5 Å². The Labute approximate surface area is 164 Å². The minimum atomic E-state index is -0.394. The molecule has 144 valence electrons. The van der Waals surface area contributed by atoms with Crippen LogP contribution in [0.1, 0.15) is 44.1 Å². The maximum absolute atomic E-state index is 13.0. The molecule has 3 heterocycles. The molecule has 3 aromatic rings. The Kier molecular flexibility index (Phi) is 5.16. The number of benzene rings is 1. The van der Waals surface area contributed by atoms with Gasteiger partial charge in [-0.2, -0.15) is 0 Å². The zero-order chi connectivity index (χ0) is 19.5. The Morgan fingerprint density at radius 1 is 1.21 bits per heavy atom. The van der Waals surface area contributed by atoms with E-state index in [1.165, 1.54) is 41.9 Å². The monoisotopic (exact) mass is 400 g/mol. The second-order valence-electron chi connectivity index (χ2n) is 6.47. The average molecular weight is 400 g/mol. The summed E-state index contributed by atoms with van der Waals surface area (Å²) in [5.74, 6) is -0.569. The number of aromatic nitrogens is 2. The van der Waals surface area contributed by atoms with Gasteiger partial charge < -0.3 is 14.6 Å². The maximum Gasteiger partial charge on any atom is 0.289 e. The summed E-state index contributed by atoms with van der Waals surface area (Å²) >= 11 is 1.21. The van der Waals surface area contributed by atoms with Gasteiger partial charge in [-0.15, -0.1) is 10.2 Å². The average Bonchev–Trinajstić information content (AvgIpc) is 3.41. The number of hydrogen-bond donors (Lipinski definition) is 1. The lowest BCUT2D eigenvalue weighted by Gasteiger charge is -2.30. The molecule has 0 radical (unpaired) electrons. The summed E-state index contributed by atoms with van der Waals surface area (Å²) < 4.78 is 18.2. The van der Waals surface area contributed by atoms with E-state index < -0.39 is 5.91 Å². The van der Waals surface area contributed by atoms with Gasteiger partial charge in [0.2, 0.25) is 5.01 Å². The minimum Gasteiger partial charge on any atom is -0.459 e. The molecule has 2 aromatic heterocycles. The van der Waals surface area contributed by atoms with E-state index in [1.54, 1.807) is 17.0 Å². The summed E-state index contributed by atoms with van der Waals surface area (Å²) in [4.78, 5) is 26.6.